The maximum atomic E-state index is 13.5. The van der Waals surface area contributed by atoms with Gasteiger partial charge in [0.15, 0.2) is 0 Å². The number of benzene rings is 2. The summed E-state index contributed by atoms with van der Waals surface area (Å²) in [5.74, 6) is -0.0873. The van der Waals surface area contributed by atoms with Crippen LogP contribution in [-0.4, -0.2) is 37.2 Å². The summed E-state index contributed by atoms with van der Waals surface area (Å²) in [7, 11) is -1.51. The summed E-state index contributed by atoms with van der Waals surface area (Å²) >= 11 is 7.03. The SMILES string of the molecule is CC(=O)Nc1ccc(S(=O)C2(Cl)CC3CC(=O)N3C2Cc2ccccc2)cc1. The Bertz CT molecular complexity index is 934. The van der Waals surface area contributed by atoms with Crippen molar-refractivity contribution in [2.24, 2.45) is 0 Å². The molecule has 2 heterocycles. The van der Waals surface area contributed by atoms with Crippen LogP contribution in [0.25, 0.3) is 0 Å². The molecule has 2 aromatic carbocycles. The lowest BCUT2D eigenvalue weighted by atomic mass is 10.0. The molecule has 0 spiro atoms. The van der Waals surface area contributed by atoms with Gasteiger partial charge in [-0.3, -0.25) is 13.8 Å². The zero-order valence-corrected chi connectivity index (χ0v) is 17.0. The molecule has 2 aliphatic rings. The summed E-state index contributed by atoms with van der Waals surface area (Å²) in [4.78, 5) is 25.8. The van der Waals surface area contributed by atoms with E-state index in [4.69, 9.17) is 11.6 Å². The fraction of sp³-hybridized carbons (Fsp3) is 0.333. The molecule has 0 radical (unpaired) electrons. The van der Waals surface area contributed by atoms with Crippen LogP contribution in [0.1, 0.15) is 25.3 Å². The number of carbonyl (C=O) groups is 2. The maximum Gasteiger partial charge on any atom is 0.225 e. The van der Waals surface area contributed by atoms with E-state index >= 15 is 0 Å². The van der Waals surface area contributed by atoms with Crippen molar-refractivity contribution in [1.82, 2.24) is 4.90 Å². The van der Waals surface area contributed by atoms with Crippen molar-refractivity contribution < 1.29 is 13.8 Å². The summed E-state index contributed by atoms with van der Waals surface area (Å²) in [6.45, 7) is 1.44. The van der Waals surface area contributed by atoms with E-state index in [1.54, 1.807) is 24.3 Å². The van der Waals surface area contributed by atoms with Gasteiger partial charge in [0.2, 0.25) is 11.8 Å². The Morgan fingerprint density at radius 3 is 2.50 bits per heavy atom. The molecule has 28 heavy (non-hydrogen) atoms. The van der Waals surface area contributed by atoms with Crippen molar-refractivity contribution in [3.8, 4) is 0 Å². The molecule has 146 valence electrons. The second-order valence-electron chi connectivity index (χ2n) is 7.33. The Labute approximate surface area is 171 Å². The second-order valence-corrected chi connectivity index (χ2v) is 9.97. The number of alkyl halides is 1. The van der Waals surface area contributed by atoms with Crippen molar-refractivity contribution >= 4 is 39.9 Å². The van der Waals surface area contributed by atoms with E-state index in [9.17, 15) is 13.8 Å². The molecule has 2 fully saturated rings. The van der Waals surface area contributed by atoms with Gasteiger partial charge >= 0.3 is 0 Å². The molecular weight excluding hydrogens is 396 g/mol. The topological polar surface area (TPSA) is 66.5 Å². The first-order valence-corrected chi connectivity index (χ1v) is 10.7. The number of hydrogen-bond acceptors (Lipinski definition) is 3. The number of rotatable bonds is 5. The fourth-order valence-corrected chi connectivity index (χ4v) is 6.30. The van der Waals surface area contributed by atoms with Crippen LogP contribution in [0.4, 0.5) is 5.69 Å². The number of fused-ring (bicyclic) bond motifs is 1. The van der Waals surface area contributed by atoms with Gasteiger partial charge in [-0.05, 0) is 36.2 Å². The summed E-state index contributed by atoms with van der Waals surface area (Å²) < 4.78 is 12.4. The molecule has 0 bridgehead atoms. The zero-order valence-electron chi connectivity index (χ0n) is 15.4. The normalized spacial score (nSPS) is 27.1. The van der Waals surface area contributed by atoms with Crippen molar-refractivity contribution in [1.29, 1.82) is 0 Å². The highest BCUT2D eigenvalue weighted by Gasteiger charge is 2.61. The van der Waals surface area contributed by atoms with Crippen LogP contribution in [0, 0.1) is 0 Å². The van der Waals surface area contributed by atoms with E-state index in [2.05, 4.69) is 5.32 Å². The van der Waals surface area contributed by atoms with Gasteiger partial charge in [-0.25, -0.2) is 0 Å². The summed E-state index contributed by atoms with van der Waals surface area (Å²) in [6.07, 6.45) is 1.55. The van der Waals surface area contributed by atoms with Gasteiger partial charge in [-0.1, -0.05) is 30.3 Å². The Morgan fingerprint density at radius 2 is 1.89 bits per heavy atom. The van der Waals surface area contributed by atoms with Gasteiger partial charge in [0.05, 0.1) is 16.8 Å². The molecule has 1 N–H and O–H groups in total. The minimum atomic E-state index is -1.51. The third-order valence-electron chi connectivity index (χ3n) is 5.41. The average Bonchev–Trinajstić information content (AvgIpc) is 2.89. The lowest BCUT2D eigenvalue weighted by Crippen LogP contribution is -2.55. The van der Waals surface area contributed by atoms with Crippen LogP contribution >= 0.6 is 11.6 Å². The number of hydrogen-bond donors (Lipinski definition) is 1. The smallest absolute Gasteiger partial charge is 0.225 e. The third-order valence-corrected chi connectivity index (χ3v) is 7.99. The first-order chi connectivity index (χ1) is 13.4. The van der Waals surface area contributed by atoms with E-state index in [-0.39, 0.29) is 23.9 Å². The third kappa shape index (κ3) is 3.35. The average molecular weight is 417 g/mol. The molecular formula is C21H21ClN2O3S. The highest BCUT2D eigenvalue weighted by Crippen LogP contribution is 2.49. The molecule has 0 aliphatic carbocycles. The molecule has 7 heteroatoms. The van der Waals surface area contributed by atoms with Gasteiger partial charge < -0.3 is 10.2 Å². The van der Waals surface area contributed by atoms with Gasteiger partial charge in [-0.2, -0.15) is 0 Å². The minimum absolute atomic E-state index is 0.0568. The summed E-state index contributed by atoms with van der Waals surface area (Å²) in [5.41, 5.74) is 1.71. The molecule has 2 saturated heterocycles. The fourth-order valence-electron chi connectivity index (χ4n) is 4.11. The van der Waals surface area contributed by atoms with Crippen molar-refractivity contribution in [3.05, 3.63) is 60.2 Å². The lowest BCUT2D eigenvalue weighted by molar-refractivity contribution is -0.145. The first-order valence-electron chi connectivity index (χ1n) is 9.22. The van der Waals surface area contributed by atoms with E-state index in [1.165, 1.54) is 6.92 Å². The van der Waals surface area contributed by atoms with Crippen molar-refractivity contribution in [3.63, 3.8) is 0 Å². The molecule has 0 aromatic heterocycles. The van der Waals surface area contributed by atoms with Gasteiger partial charge in [-0.15, -0.1) is 11.6 Å². The summed E-state index contributed by atoms with van der Waals surface area (Å²) in [6, 6.07) is 16.5. The maximum absolute atomic E-state index is 13.5. The van der Waals surface area contributed by atoms with Gasteiger partial charge in [0, 0.05) is 36.4 Å². The Balaban J connectivity index is 1.62. The molecule has 4 atom stereocenters. The highest BCUT2D eigenvalue weighted by atomic mass is 35.5. The first kappa shape index (κ1) is 19.2. The number of anilines is 1. The standard InChI is InChI=1S/C21H21ClN2O3S/c1-14(25)23-16-7-9-18(10-8-16)28(27)21(22)13-17-12-20(26)24(17)19(21)11-15-5-3-2-4-6-15/h2-10,17,19H,11-13H2,1H3,(H,23,25). The zero-order chi connectivity index (χ0) is 19.9. The molecule has 2 aromatic rings. The minimum Gasteiger partial charge on any atom is -0.333 e. The number of nitrogens with zero attached hydrogens (tertiary/aromatic N) is 1. The van der Waals surface area contributed by atoms with Crippen LogP contribution in [0.3, 0.4) is 0 Å². The molecule has 4 unspecified atom stereocenters. The number of amides is 2. The van der Waals surface area contributed by atoms with Crippen LogP contribution in [0.15, 0.2) is 59.5 Å². The largest absolute Gasteiger partial charge is 0.333 e. The number of nitrogens with one attached hydrogen (secondary N) is 1. The predicted octanol–water partition coefficient (Wildman–Crippen LogP) is 3.30. The number of halogens is 1. The van der Waals surface area contributed by atoms with Crippen molar-refractivity contribution in [2.75, 3.05) is 5.32 Å². The molecule has 2 aliphatic heterocycles. The highest BCUT2D eigenvalue weighted by molar-refractivity contribution is 7.88. The lowest BCUT2D eigenvalue weighted by Gasteiger charge is -2.40. The Hall–Kier alpha value is -2.18. The summed E-state index contributed by atoms with van der Waals surface area (Å²) in [5, 5.41) is 2.70. The molecule has 4 rings (SSSR count). The van der Waals surface area contributed by atoms with E-state index in [0.29, 0.717) is 29.8 Å². The predicted molar refractivity (Wildman–Crippen MR) is 110 cm³/mol. The number of β-lactam (4-membered cyclic amide) rings is 1. The Kier molecular flexibility index (Phi) is 5.02. The van der Waals surface area contributed by atoms with Crippen LogP contribution < -0.4 is 5.32 Å². The van der Waals surface area contributed by atoms with Gasteiger partial charge in [0.1, 0.15) is 4.21 Å². The number of carbonyl (C=O) groups excluding carboxylic acids is 2. The molecule has 5 nitrogen and oxygen atoms in total. The monoisotopic (exact) mass is 416 g/mol. The Morgan fingerprint density at radius 1 is 1.21 bits per heavy atom. The second kappa shape index (κ2) is 7.33. The van der Waals surface area contributed by atoms with Crippen molar-refractivity contribution in [2.45, 2.75) is 47.4 Å². The van der Waals surface area contributed by atoms with E-state index in [1.807, 2.05) is 35.2 Å². The van der Waals surface area contributed by atoms with Crippen LogP contribution in [0.5, 0.6) is 0 Å². The van der Waals surface area contributed by atoms with Crippen LogP contribution in [0.2, 0.25) is 0 Å². The van der Waals surface area contributed by atoms with Gasteiger partial charge in [0.25, 0.3) is 0 Å². The van der Waals surface area contributed by atoms with E-state index < -0.39 is 15.0 Å². The van der Waals surface area contributed by atoms with Crippen LogP contribution in [-0.2, 0) is 26.8 Å². The van der Waals surface area contributed by atoms with E-state index in [0.717, 1.165) is 5.56 Å². The quantitative estimate of drug-likeness (QED) is 0.600. The molecule has 2 amide bonds. The molecule has 0 saturated carbocycles.